The maximum absolute atomic E-state index is 5.98. The predicted octanol–water partition coefficient (Wildman–Crippen LogP) is 0.906. The molecule has 2 aliphatic heterocycles. The van der Waals surface area contributed by atoms with Crippen molar-refractivity contribution < 1.29 is 4.74 Å². The van der Waals surface area contributed by atoms with Gasteiger partial charge in [0, 0.05) is 44.5 Å². The summed E-state index contributed by atoms with van der Waals surface area (Å²) in [5.41, 5.74) is 1.61. The number of nitrogens with zero attached hydrogens (tertiary/aromatic N) is 7. The third-order valence-corrected chi connectivity index (χ3v) is 5.53. The second-order valence-electron chi connectivity index (χ2n) is 7.33. The van der Waals surface area contributed by atoms with Crippen LogP contribution in [0.3, 0.4) is 0 Å². The highest BCUT2D eigenvalue weighted by atomic mass is 16.5. The van der Waals surface area contributed by atoms with E-state index in [2.05, 4.69) is 52.4 Å². The summed E-state index contributed by atoms with van der Waals surface area (Å²) in [7, 11) is 0. The molecule has 9 nitrogen and oxygen atoms in total. The Labute approximate surface area is 157 Å². The van der Waals surface area contributed by atoms with Crippen LogP contribution in [0.2, 0.25) is 0 Å². The Bertz CT molecular complexity index is 921. The first-order valence-corrected chi connectivity index (χ1v) is 9.52. The van der Waals surface area contributed by atoms with Gasteiger partial charge < -0.3 is 19.2 Å². The van der Waals surface area contributed by atoms with Gasteiger partial charge in [-0.05, 0) is 6.92 Å². The van der Waals surface area contributed by atoms with Crippen molar-refractivity contribution in [1.82, 2.24) is 34.4 Å². The molecule has 142 valence electrons. The average Bonchev–Trinajstić information content (AvgIpc) is 3.23. The van der Waals surface area contributed by atoms with Crippen molar-refractivity contribution in [1.29, 1.82) is 0 Å². The Kier molecular flexibility index (Phi) is 4.25. The lowest BCUT2D eigenvalue weighted by atomic mass is 10.1. The highest BCUT2D eigenvalue weighted by molar-refractivity contribution is 5.82. The molecule has 2 aliphatic rings. The normalized spacial score (nSPS) is 23.7. The number of fused-ring (bicyclic) bond motifs is 4. The fourth-order valence-corrected chi connectivity index (χ4v) is 4.28. The number of nitrogens with one attached hydrogen (secondary N) is 1. The molecule has 0 aliphatic carbocycles. The third-order valence-electron chi connectivity index (χ3n) is 5.53. The number of aromatic nitrogens is 6. The van der Waals surface area contributed by atoms with Crippen LogP contribution in [-0.2, 0) is 17.8 Å². The Hall–Kier alpha value is -2.52. The number of imidazole rings is 2. The van der Waals surface area contributed by atoms with Gasteiger partial charge in [0.25, 0.3) is 0 Å². The molecular formula is C18H24N8O. The molecule has 0 spiro atoms. The number of anilines is 1. The summed E-state index contributed by atoms with van der Waals surface area (Å²) in [5, 5.41) is 0. The maximum atomic E-state index is 5.98. The van der Waals surface area contributed by atoms with Gasteiger partial charge in [-0.1, -0.05) is 0 Å². The highest BCUT2D eigenvalue weighted by Crippen LogP contribution is 2.28. The van der Waals surface area contributed by atoms with Crippen molar-refractivity contribution in [2.24, 2.45) is 5.92 Å². The Morgan fingerprint density at radius 3 is 3.04 bits per heavy atom. The van der Waals surface area contributed by atoms with Gasteiger partial charge in [0.15, 0.2) is 11.5 Å². The van der Waals surface area contributed by atoms with Crippen LogP contribution < -0.4 is 4.90 Å². The molecule has 2 bridgehead atoms. The zero-order chi connectivity index (χ0) is 18.2. The number of aromatic amines is 1. The summed E-state index contributed by atoms with van der Waals surface area (Å²) in [6, 6.07) is 0.240. The van der Waals surface area contributed by atoms with E-state index in [1.54, 1.807) is 12.7 Å². The van der Waals surface area contributed by atoms with E-state index in [0.29, 0.717) is 18.2 Å². The van der Waals surface area contributed by atoms with E-state index in [9.17, 15) is 0 Å². The van der Waals surface area contributed by atoms with E-state index in [1.165, 1.54) is 0 Å². The molecule has 1 N–H and O–H groups in total. The predicted molar refractivity (Wildman–Crippen MR) is 100 cm³/mol. The van der Waals surface area contributed by atoms with E-state index >= 15 is 0 Å². The van der Waals surface area contributed by atoms with Crippen molar-refractivity contribution in [2.75, 3.05) is 37.7 Å². The minimum Gasteiger partial charge on any atom is -0.379 e. The number of rotatable bonds is 4. The van der Waals surface area contributed by atoms with Gasteiger partial charge >= 0.3 is 0 Å². The first kappa shape index (κ1) is 16.6. The highest BCUT2D eigenvalue weighted by Gasteiger charge is 2.35. The molecule has 0 radical (unpaired) electrons. The molecule has 0 unspecified atom stereocenters. The van der Waals surface area contributed by atoms with E-state index in [-0.39, 0.29) is 6.04 Å². The van der Waals surface area contributed by atoms with E-state index < -0.39 is 0 Å². The average molecular weight is 368 g/mol. The molecule has 5 rings (SSSR count). The van der Waals surface area contributed by atoms with E-state index in [4.69, 9.17) is 4.74 Å². The molecular weight excluding hydrogens is 344 g/mol. The van der Waals surface area contributed by atoms with Crippen LogP contribution in [0.25, 0.3) is 11.2 Å². The lowest BCUT2D eigenvalue weighted by Crippen LogP contribution is -2.44. The van der Waals surface area contributed by atoms with Gasteiger partial charge in [-0.15, -0.1) is 0 Å². The second kappa shape index (κ2) is 6.90. The standard InChI is InChI=1S/C18H24N8O/c1-2-25-4-3-19-15(25)8-24-5-13-6-26(14(7-24)10-27-9-13)18-16-17(21-11-20-16)22-12-23-18/h3-4,11-14H,2,5-10H2,1H3,(H,20,21,22,23)/t13-,14-/m0/s1. The molecule has 0 aromatic carbocycles. The Morgan fingerprint density at radius 1 is 1.15 bits per heavy atom. The summed E-state index contributed by atoms with van der Waals surface area (Å²) in [6.07, 6.45) is 7.23. The van der Waals surface area contributed by atoms with Crippen LogP contribution in [-0.4, -0.2) is 73.3 Å². The topological polar surface area (TPSA) is 88.0 Å². The zero-order valence-corrected chi connectivity index (χ0v) is 15.5. The molecule has 2 fully saturated rings. The summed E-state index contributed by atoms with van der Waals surface area (Å²) in [4.78, 5) is 25.8. The lowest BCUT2D eigenvalue weighted by Gasteiger charge is -2.31. The van der Waals surface area contributed by atoms with Crippen LogP contribution in [0, 0.1) is 5.92 Å². The van der Waals surface area contributed by atoms with Crippen LogP contribution >= 0.6 is 0 Å². The van der Waals surface area contributed by atoms with Crippen LogP contribution in [0.1, 0.15) is 12.7 Å². The molecule has 3 aromatic heterocycles. The molecule has 0 saturated carbocycles. The van der Waals surface area contributed by atoms with Crippen molar-refractivity contribution in [3.05, 3.63) is 30.9 Å². The van der Waals surface area contributed by atoms with Gasteiger partial charge in [-0.2, -0.15) is 0 Å². The van der Waals surface area contributed by atoms with Crippen LogP contribution in [0.15, 0.2) is 25.0 Å². The molecule has 9 heteroatoms. The summed E-state index contributed by atoms with van der Waals surface area (Å²) >= 11 is 0. The van der Waals surface area contributed by atoms with Gasteiger partial charge in [0.1, 0.15) is 17.7 Å². The fourth-order valence-electron chi connectivity index (χ4n) is 4.28. The fraction of sp³-hybridized carbons (Fsp3) is 0.556. The zero-order valence-electron chi connectivity index (χ0n) is 15.5. The molecule has 5 heterocycles. The number of ether oxygens (including phenoxy) is 1. The Balaban J connectivity index is 1.44. The first-order valence-electron chi connectivity index (χ1n) is 9.52. The minimum atomic E-state index is 0.240. The van der Waals surface area contributed by atoms with Crippen molar-refractivity contribution in [2.45, 2.75) is 26.1 Å². The first-order chi connectivity index (χ1) is 13.3. The SMILES string of the molecule is CCn1ccnc1CN1C[C@@H]2COC[C@H](C1)N(c1ncnc3nc[nH]c13)C2. The van der Waals surface area contributed by atoms with Gasteiger partial charge in [-0.3, -0.25) is 4.90 Å². The van der Waals surface area contributed by atoms with Crippen molar-refractivity contribution >= 4 is 17.0 Å². The van der Waals surface area contributed by atoms with Gasteiger partial charge in [0.05, 0.1) is 32.1 Å². The smallest absolute Gasteiger partial charge is 0.182 e. The summed E-state index contributed by atoms with van der Waals surface area (Å²) in [6.45, 7) is 8.30. The third kappa shape index (κ3) is 3.06. The van der Waals surface area contributed by atoms with Crippen LogP contribution in [0.4, 0.5) is 5.82 Å². The maximum Gasteiger partial charge on any atom is 0.182 e. The Morgan fingerprint density at radius 2 is 2.11 bits per heavy atom. The number of hydrogen-bond donors (Lipinski definition) is 1. The molecule has 27 heavy (non-hydrogen) atoms. The van der Waals surface area contributed by atoms with E-state index in [0.717, 1.165) is 56.5 Å². The largest absolute Gasteiger partial charge is 0.379 e. The molecule has 3 aromatic rings. The number of hydrogen-bond acceptors (Lipinski definition) is 7. The van der Waals surface area contributed by atoms with Crippen molar-refractivity contribution in [3.8, 4) is 0 Å². The summed E-state index contributed by atoms with van der Waals surface area (Å²) < 4.78 is 8.19. The number of H-pyrrole nitrogens is 1. The monoisotopic (exact) mass is 368 g/mol. The van der Waals surface area contributed by atoms with Crippen LogP contribution in [0.5, 0.6) is 0 Å². The summed E-state index contributed by atoms with van der Waals surface area (Å²) in [5.74, 6) is 2.48. The lowest BCUT2D eigenvalue weighted by molar-refractivity contribution is 0.0616. The van der Waals surface area contributed by atoms with Gasteiger partial charge in [-0.25, -0.2) is 19.9 Å². The minimum absolute atomic E-state index is 0.240. The molecule has 2 saturated heterocycles. The van der Waals surface area contributed by atoms with Gasteiger partial charge in [0.2, 0.25) is 0 Å². The van der Waals surface area contributed by atoms with Crippen molar-refractivity contribution in [3.63, 3.8) is 0 Å². The number of aryl methyl sites for hydroxylation is 1. The van der Waals surface area contributed by atoms with E-state index in [1.807, 2.05) is 6.20 Å². The molecule has 0 amide bonds. The quantitative estimate of drug-likeness (QED) is 0.732. The molecule has 2 atom stereocenters. The second-order valence-corrected chi connectivity index (χ2v) is 7.33.